The van der Waals surface area contributed by atoms with Crippen LogP contribution in [0.4, 0.5) is 4.79 Å². The van der Waals surface area contributed by atoms with Crippen LogP contribution in [-0.4, -0.2) is 41.2 Å². The molecule has 1 atom stereocenters. The van der Waals surface area contributed by atoms with Gasteiger partial charge < -0.3 is 15.0 Å². The number of nitrogens with one attached hydrogen (secondary N) is 1. The van der Waals surface area contributed by atoms with Crippen LogP contribution in [0.5, 0.6) is 0 Å². The number of hydrogen-bond acceptors (Lipinski definition) is 4. The minimum Gasteiger partial charge on any atom is -0.444 e. The molecule has 1 N–H and O–H groups in total. The second kappa shape index (κ2) is 6.89. The summed E-state index contributed by atoms with van der Waals surface area (Å²) < 4.78 is 5.40. The highest BCUT2D eigenvalue weighted by Gasteiger charge is 2.29. The van der Waals surface area contributed by atoms with Crippen LogP contribution in [-0.2, 0) is 11.3 Å². The Hall–Kier alpha value is -1.62. The smallest absolute Gasteiger partial charge is 0.410 e. The van der Waals surface area contributed by atoms with Gasteiger partial charge in [-0.15, -0.1) is 0 Å². The number of nitrogens with zero attached hydrogens (tertiary/aromatic N) is 2. The standard InChI is InChI=1S/C16H25N3O2/c1-16(2,3)21-15(20)19-9-7-13(12-19)10-17-11-14-6-4-5-8-18-14/h4-6,8,13,17H,7,9-12H2,1-3H3/t13-/m0/s1. The number of pyridine rings is 1. The van der Waals surface area contributed by atoms with Gasteiger partial charge in [0.25, 0.3) is 0 Å². The summed E-state index contributed by atoms with van der Waals surface area (Å²) >= 11 is 0. The fraction of sp³-hybridized carbons (Fsp3) is 0.625. The Kier molecular flexibility index (Phi) is 5.17. The molecule has 1 aromatic heterocycles. The van der Waals surface area contributed by atoms with Crippen molar-refractivity contribution in [2.24, 2.45) is 5.92 Å². The summed E-state index contributed by atoms with van der Waals surface area (Å²) in [6, 6.07) is 5.91. The average molecular weight is 291 g/mol. The number of carbonyl (C=O) groups is 1. The van der Waals surface area contributed by atoms with Crippen molar-refractivity contribution in [1.82, 2.24) is 15.2 Å². The van der Waals surface area contributed by atoms with Crippen molar-refractivity contribution in [1.29, 1.82) is 0 Å². The molecule has 2 rings (SSSR count). The van der Waals surface area contributed by atoms with E-state index in [0.29, 0.717) is 5.92 Å². The highest BCUT2D eigenvalue weighted by atomic mass is 16.6. The maximum Gasteiger partial charge on any atom is 0.410 e. The van der Waals surface area contributed by atoms with Gasteiger partial charge in [-0.1, -0.05) is 6.07 Å². The molecule has 0 aliphatic carbocycles. The van der Waals surface area contributed by atoms with E-state index in [-0.39, 0.29) is 6.09 Å². The predicted molar refractivity (Wildman–Crippen MR) is 81.9 cm³/mol. The van der Waals surface area contributed by atoms with Crippen LogP contribution < -0.4 is 5.32 Å². The lowest BCUT2D eigenvalue weighted by Crippen LogP contribution is -2.36. The first-order chi connectivity index (χ1) is 9.94. The zero-order chi connectivity index (χ0) is 15.3. The van der Waals surface area contributed by atoms with Gasteiger partial charge >= 0.3 is 6.09 Å². The normalized spacial score (nSPS) is 18.8. The van der Waals surface area contributed by atoms with Crippen LogP contribution >= 0.6 is 0 Å². The van der Waals surface area contributed by atoms with Gasteiger partial charge in [0.1, 0.15) is 5.60 Å². The van der Waals surface area contributed by atoms with Crippen LogP contribution in [0.25, 0.3) is 0 Å². The third-order valence-corrected chi connectivity index (χ3v) is 3.40. The second-order valence-electron chi connectivity index (χ2n) is 6.53. The van der Waals surface area contributed by atoms with Gasteiger partial charge in [-0.3, -0.25) is 4.98 Å². The molecule has 0 bridgehead atoms. The van der Waals surface area contributed by atoms with Gasteiger partial charge in [0.05, 0.1) is 5.69 Å². The minimum atomic E-state index is -0.424. The molecule has 1 fully saturated rings. The zero-order valence-corrected chi connectivity index (χ0v) is 13.1. The van der Waals surface area contributed by atoms with E-state index < -0.39 is 5.60 Å². The van der Waals surface area contributed by atoms with Gasteiger partial charge in [0, 0.05) is 32.4 Å². The van der Waals surface area contributed by atoms with E-state index in [1.165, 1.54) is 0 Å². The summed E-state index contributed by atoms with van der Waals surface area (Å²) in [6.07, 6.45) is 2.63. The van der Waals surface area contributed by atoms with Crippen LogP contribution in [0.2, 0.25) is 0 Å². The van der Waals surface area contributed by atoms with Gasteiger partial charge in [0.15, 0.2) is 0 Å². The average Bonchev–Trinajstić information content (AvgIpc) is 2.87. The van der Waals surface area contributed by atoms with Crippen molar-refractivity contribution in [3.8, 4) is 0 Å². The van der Waals surface area contributed by atoms with E-state index in [1.807, 2.05) is 39.0 Å². The SMILES string of the molecule is CC(C)(C)OC(=O)N1CC[C@@H](CNCc2ccccn2)C1. The van der Waals surface area contributed by atoms with Crippen LogP contribution in [0.15, 0.2) is 24.4 Å². The summed E-state index contributed by atoms with van der Waals surface area (Å²) in [4.78, 5) is 18.1. The molecule has 1 saturated heterocycles. The van der Waals surface area contributed by atoms with Crippen molar-refractivity contribution in [3.05, 3.63) is 30.1 Å². The minimum absolute atomic E-state index is 0.199. The highest BCUT2D eigenvalue weighted by Crippen LogP contribution is 2.19. The Morgan fingerprint density at radius 2 is 2.29 bits per heavy atom. The molecule has 21 heavy (non-hydrogen) atoms. The lowest BCUT2D eigenvalue weighted by molar-refractivity contribution is 0.0288. The van der Waals surface area contributed by atoms with Gasteiger partial charge in [-0.25, -0.2) is 4.79 Å². The molecule has 0 aromatic carbocycles. The number of rotatable bonds is 4. The topological polar surface area (TPSA) is 54.5 Å². The quantitative estimate of drug-likeness (QED) is 0.925. The Morgan fingerprint density at radius 3 is 2.95 bits per heavy atom. The fourth-order valence-electron chi connectivity index (χ4n) is 2.40. The Bertz CT molecular complexity index is 456. The number of ether oxygens (including phenoxy) is 1. The maximum atomic E-state index is 12.0. The van der Waals surface area contributed by atoms with Crippen LogP contribution in [0.1, 0.15) is 32.9 Å². The zero-order valence-electron chi connectivity index (χ0n) is 13.1. The molecule has 1 aromatic rings. The van der Waals surface area contributed by atoms with Gasteiger partial charge in [-0.2, -0.15) is 0 Å². The molecule has 1 aliphatic rings. The number of carbonyl (C=O) groups excluding carboxylic acids is 1. The third kappa shape index (κ3) is 5.34. The Labute approximate surface area is 126 Å². The molecule has 2 heterocycles. The summed E-state index contributed by atoms with van der Waals surface area (Å²) in [5.74, 6) is 0.487. The first-order valence-electron chi connectivity index (χ1n) is 7.52. The highest BCUT2D eigenvalue weighted by molar-refractivity contribution is 5.68. The molecule has 0 unspecified atom stereocenters. The molecule has 1 aliphatic heterocycles. The largest absolute Gasteiger partial charge is 0.444 e. The number of likely N-dealkylation sites (tertiary alicyclic amines) is 1. The molecule has 0 radical (unpaired) electrons. The Morgan fingerprint density at radius 1 is 1.48 bits per heavy atom. The van der Waals surface area contributed by atoms with Crippen molar-refractivity contribution in [2.45, 2.75) is 39.3 Å². The molecule has 5 nitrogen and oxygen atoms in total. The maximum absolute atomic E-state index is 12.0. The molecule has 5 heteroatoms. The Balaban J connectivity index is 1.69. The lowest BCUT2D eigenvalue weighted by atomic mass is 10.1. The van der Waals surface area contributed by atoms with E-state index in [0.717, 1.165) is 38.3 Å². The van der Waals surface area contributed by atoms with E-state index in [9.17, 15) is 4.79 Å². The van der Waals surface area contributed by atoms with Crippen molar-refractivity contribution in [2.75, 3.05) is 19.6 Å². The molecule has 0 spiro atoms. The lowest BCUT2D eigenvalue weighted by Gasteiger charge is -2.24. The molecule has 1 amide bonds. The van der Waals surface area contributed by atoms with Gasteiger partial charge in [0.2, 0.25) is 0 Å². The summed E-state index contributed by atoms with van der Waals surface area (Å²) in [6.45, 7) is 8.90. The van der Waals surface area contributed by atoms with E-state index in [2.05, 4.69) is 10.3 Å². The number of amides is 1. The molecule has 116 valence electrons. The second-order valence-corrected chi connectivity index (χ2v) is 6.53. The molecule has 0 saturated carbocycles. The van der Waals surface area contributed by atoms with E-state index >= 15 is 0 Å². The fourth-order valence-corrected chi connectivity index (χ4v) is 2.40. The molecular formula is C16H25N3O2. The van der Waals surface area contributed by atoms with Crippen LogP contribution in [0, 0.1) is 5.92 Å². The number of aromatic nitrogens is 1. The first kappa shape index (κ1) is 15.8. The van der Waals surface area contributed by atoms with Crippen molar-refractivity contribution >= 4 is 6.09 Å². The van der Waals surface area contributed by atoms with Crippen LogP contribution in [0.3, 0.4) is 0 Å². The predicted octanol–water partition coefficient (Wildman–Crippen LogP) is 2.43. The summed E-state index contributed by atoms with van der Waals surface area (Å²) in [7, 11) is 0. The number of hydrogen-bond donors (Lipinski definition) is 1. The summed E-state index contributed by atoms with van der Waals surface area (Å²) in [5.41, 5.74) is 0.617. The third-order valence-electron chi connectivity index (χ3n) is 3.40. The first-order valence-corrected chi connectivity index (χ1v) is 7.52. The van der Waals surface area contributed by atoms with E-state index in [4.69, 9.17) is 4.74 Å². The van der Waals surface area contributed by atoms with E-state index in [1.54, 1.807) is 11.1 Å². The van der Waals surface area contributed by atoms with Crippen molar-refractivity contribution in [3.63, 3.8) is 0 Å². The van der Waals surface area contributed by atoms with Crippen molar-refractivity contribution < 1.29 is 9.53 Å². The van der Waals surface area contributed by atoms with Gasteiger partial charge in [-0.05, 0) is 45.2 Å². The monoisotopic (exact) mass is 291 g/mol. The summed E-state index contributed by atoms with van der Waals surface area (Å²) in [5, 5.41) is 3.41. The molecular weight excluding hydrogens is 266 g/mol.